The molecule has 0 spiro atoms. The Balaban J connectivity index is 2.04. The van der Waals surface area contributed by atoms with E-state index in [4.69, 9.17) is 0 Å². The van der Waals surface area contributed by atoms with Gasteiger partial charge in [-0.05, 0) is 43.9 Å². The van der Waals surface area contributed by atoms with Crippen LogP contribution in [0.3, 0.4) is 0 Å². The molecular weight excluding hydrogens is 230 g/mol. The van der Waals surface area contributed by atoms with Gasteiger partial charge in [-0.15, -0.1) is 0 Å². The van der Waals surface area contributed by atoms with E-state index >= 15 is 0 Å². The third-order valence-electron chi connectivity index (χ3n) is 3.38. The molecule has 0 heterocycles. The molecular formula is C14H17NO3. The molecule has 1 amide bonds. The summed E-state index contributed by atoms with van der Waals surface area (Å²) in [6.07, 6.45) is 3.90. The van der Waals surface area contributed by atoms with Gasteiger partial charge in [0.1, 0.15) is 5.75 Å². The number of hydrogen-bond donors (Lipinski definition) is 2. The maximum atomic E-state index is 11.7. The summed E-state index contributed by atoms with van der Waals surface area (Å²) in [6.45, 7) is 1.45. The van der Waals surface area contributed by atoms with Crippen LogP contribution in [-0.2, 0) is 4.79 Å². The Kier molecular flexibility index (Phi) is 3.65. The molecule has 0 unspecified atom stereocenters. The predicted octanol–water partition coefficient (Wildman–Crippen LogP) is 2.72. The van der Waals surface area contributed by atoms with Crippen molar-refractivity contribution in [3.63, 3.8) is 0 Å². The topological polar surface area (TPSA) is 66.4 Å². The van der Waals surface area contributed by atoms with Gasteiger partial charge in [0.2, 0.25) is 5.91 Å². The largest absolute Gasteiger partial charge is 0.506 e. The highest BCUT2D eigenvalue weighted by Gasteiger charge is 2.21. The van der Waals surface area contributed by atoms with Crippen molar-refractivity contribution in [3.8, 4) is 5.75 Å². The number of ketones is 1. The molecule has 96 valence electrons. The van der Waals surface area contributed by atoms with E-state index in [0.717, 1.165) is 12.8 Å². The van der Waals surface area contributed by atoms with Crippen molar-refractivity contribution in [1.29, 1.82) is 0 Å². The average Bonchev–Trinajstić information content (AvgIpc) is 2.26. The first-order chi connectivity index (χ1) is 8.56. The lowest BCUT2D eigenvalue weighted by molar-refractivity contribution is -0.117. The fourth-order valence-electron chi connectivity index (χ4n) is 2.02. The third-order valence-corrected chi connectivity index (χ3v) is 3.38. The number of benzene rings is 1. The minimum atomic E-state index is -0.101. The fraction of sp³-hybridized carbons (Fsp3) is 0.429. The number of carbonyl (C=O) groups is 2. The summed E-state index contributed by atoms with van der Waals surface area (Å²) in [4.78, 5) is 23.0. The molecule has 1 aromatic rings. The highest BCUT2D eigenvalue weighted by Crippen LogP contribution is 2.30. The van der Waals surface area contributed by atoms with Gasteiger partial charge in [0.05, 0.1) is 5.69 Å². The van der Waals surface area contributed by atoms with Crippen LogP contribution in [-0.4, -0.2) is 16.8 Å². The smallest absolute Gasteiger partial charge is 0.224 e. The number of rotatable bonds is 4. The monoisotopic (exact) mass is 247 g/mol. The lowest BCUT2D eigenvalue weighted by Gasteiger charge is -2.24. The van der Waals surface area contributed by atoms with Gasteiger partial charge >= 0.3 is 0 Å². The Hall–Kier alpha value is -1.84. The van der Waals surface area contributed by atoms with Gasteiger partial charge in [0.25, 0.3) is 0 Å². The first kappa shape index (κ1) is 12.6. The Morgan fingerprint density at radius 2 is 2.11 bits per heavy atom. The lowest BCUT2D eigenvalue weighted by atomic mass is 9.83. The van der Waals surface area contributed by atoms with Crippen LogP contribution in [0.15, 0.2) is 18.2 Å². The molecule has 0 aromatic heterocycles. The zero-order chi connectivity index (χ0) is 13.1. The standard InChI is InChI=1S/C14H17NO3/c1-9(16)11-5-6-13(17)12(8-11)15-14(18)7-10-3-2-4-10/h5-6,8,10,17H,2-4,7H2,1H3,(H,15,18). The number of aromatic hydroxyl groups is 1. The number of anilines is 1. The Morgan fingerprint density at radius 3 is 2.67 bits per heavy atom. The van der Waals surface area contributed by atoms with Crippen molar-refractivity contribution in [2.45, 2.75) is 32.6 Å². The molecule has 2 N–H and O–H groups in total. The van der Waals surface area contributed by atoms with Crippen molar-refractivity contribution in [3.05, 3.63) is 23.8 Å². The maximum absolute atomic E-state index is 11.7. The summed E-state index contributed by atoms with van der Waals surface area (Å²) in [5, 5.41) is 12.3. The summed E-state index contributed by atoms with van der Waals surface area (Å²) in [5.41, 5.74) is 0.791. The molecule has 0 bridgehead atoms. The number of carbonyl (C=O) groups excluding carboxylic acids is 2. The molecule has 4 heteroatoms. The van der Waals surface area contributed by atoms with Crippen LogP contribution >= 0.6 is 0 Å². The predicted molar refractivity (Wildman–Crippen MR) is 68.7 cm³/mol. The normalized spacial score (nSPS) is 14.9. The molecule has 18 heavy (non-hydrogen) atoms. The Labute approximate surface area is 106 Å². The molecule has 1 aliphatic rings. The van der Waals surface area contributed by atoms with Crippen LogP contribution < -0.4 is 5.32 Å². The SMILES string of the molecule is CC(=O)c1ccc(O)c(NC(=O)CC2CCC2)c1. The molecule has 1 aliphatic carbocycles. The number of hydrogen-bond acceptors (Lipinski definition) is 3. The van der Waals surface area contributed by atoms with Crippen molar-refractivity contribution in [1.82, 2.24) is 0 Å². The molecule has 0 atom stereocenters. The van der Waals surface area contributed by atoms with Gasteiger partial charge in [0, 0.05) is 12.0 Å². The fourth-order valence-corrected chi connectivity index (χ4v) is 2.02. The zero-order valence-corrected chi connectivity index (χ0v) is 10.4. The summed E-state index contributed by atoms with van der Waals surface area (Å²) in [6, 6.07) is 4.48. The first-order valence-electron chi connectivity index (χ1n) is 6.20. The van der Waals surface area contributed by atoms with Crippen LogP contribution in [0.5, 0.6) is 5.75 Å². The van der Waals surface area contributed by atoms with Gasteiger partial charge in [-0.2, -0.15) is 0 Å². The van der Waals surface area contributed by atoms with Gasteiger partial charge in [-0.25, -0.2) is 0 Å². The van der Waals surface area contributed by atoms with Gasteiger partial charge in [-0.3, -0.25) is 9.59 Å². The highest BCUT2D eigenvalue weighted by atomic mass is 16.3. The molecule has 0 saturated heterocycles. The van der Waals surface area contributed by atoms with Gasteiger partial charge < -0.3 is 10.4 Å². The second-order valence-corrected chi connectivity index (χ2v) is 4.84. The molecule has 0 radical (unpaired) electrons. The minimum absolute atomic E-state index is 0.0121. The van der Waals surface area contributed by atoms with E-state index in [-0.39, 0.29) is 17.4 Å². The van der Waals surface area contributed by atoms with Crippen molar-refractivity contribution < 1.29 is 14.7 Å². The van der Waals surface area contributed by atoms with Crippen LogP contribution in [0.25, 0.3) is 0 Å². The third kappa shape index (κ3) is 2.88. The Morgan fingerprint density at radius 1 is 1.39 bits per heavy atom. The van der Waals surface area contributed by atoms with Gasteiger partial charge in [-0.1, -0.05) is 6.42 Å². The average molecular weight is 247 g/mol. The number of phenols is 1. The van der Waals surface area contributed by atoms with Crippen molar-refractivity contribution >= 4 is 17.4 Å². The molecule has 2 rings (SSSR count). The second-order valence-electron chi connectivity index (χ2n) is 4.84. The molecule has 1 aromatic carbocycles. The summed E-state index contributed by atoms with van der Waals surface area (Å²) >= 11 is 0. The summed E-state index contributed by atoms with van der Waals surface area (Å²) in [7, 11) is 0. The van der Waals surface area contributed by atoms with Crippen LogP contribution in [0.2, 0.25) is 0 Å². The van der Waals surface area contributed by atoms with Gasteiger partial charge in [0.15, 0.2) is 5.78 Å². The van der Waals surface area contributed by atoms with Crippen molar-refractivity contribution in [2.24, 2.45) is 5.92 Å². The zero-order valence-electron chi connectivity index (χ0n) is 10.4. The first-order valence-corrected chi connectivity index (χ1v) is 6.20. The van der Waals surface area contributed by atoms with E-state index in [1.165, 1.54) is 25.5 Å². The minimum Gasteiger partial charge on any atom is -0.506 e. The quantitative estimate of drug-likeness (QED) is 0.635. The van der Waals surface area contributed by atoms with E-state index < -0.39 is 0 Å². The molecule has 0 aliphatic heterocycles. The molecule has 1 fully saturated rings. The number of Topliss-reactive ketones (excluding diaryl/α,β-unsaturated/α-hetero) is 1. The molecule has 1 saturated carbocycles. The Bertz CT molecular complexity index is 478. The van der Waals surface area contributed by atoms with E-state index in [0.29, 0.717) is 23.6 Å². The summed E-state index contributed by atoms with van der Waals surface area (Å²) in [5.74, 6) is 0.269. The highest BCUT2D eigenvalue weighted by molar-refractivity contribution is 5.98. The van der Waals surface area contributed by atoms with Crippen LogP contribution in [0, 0.1) is 5.92 Å². The second kappa shape index (κ2) is 5.21. The maximum Gasteiger partial charge on any atom is 0.224 e. The van der Waals surface area contributed by atoms with E-state index in [9.17, 15) is 14.7 Å². The van der Waals surface area contributed by atoms with E-state index in [1.54, 1.807) is 6.07 Å². The van der Waals surface area contributed by atoms with Crippen LogP contribution in [0.1, 0.15) is 43.0 Å². The number of phenolic OH excluding ortho intramolecular Hbond substituents is 1. The lowest BCUT2D eigenvalue weighted by Crippen LogP contribution is -2.21. The number of amides is 1. The van der Waals surface area contributed by atoms with E-state index in [1.807, 2.05) is 0 Å². The number of nitrogens with one attached hydrogen (secondary N) is 1. The van der Waals surface area contributed by atoms with E-state index in [2.05, 4.69) is 5.32 Å². The van der Waals surface area contributed by atoms with Crippen molar-refractivity contribution in [2.75, 3.05) is 5.32 Å². The summed E-state index contributed by atoms with van der Waals surface area (Å²) < 4.78 is 0. The van der Waals surface area contributed by atoms with Crippen LogP contribution in [0.4, 0.5) is 5.69 Å². The molecule has 4 nitrogen and oxygen atoms in total.